The summed E-state index contributed by atoms with van der Waals surface area (Å²) in [5, 5.41) is 15.0. The van der Waals surface area contributed by atoms with Gasteiger partial charge in [0.2, 0.25) is 0 Å². The van der Waals surface area contributed by atoms with Gasteiger partial charge in [0.25, 0.3) is 0 Å². The van der Waals surface area contributed by atoms with Crippen molar-refractivity contribution in [1.29, 1.82) is 0 Å². The summed E-state index contributed by atoms with van der Waals surface area (Å²) >= 11 is 0. The zero-order chi connectivity index (χ0) is 14.2. The summed E-state index contributed by atoms with van der Waals surface area (Å²) < 4.78 is 0. The molecule has 0 heterocycles. The second kappa shape index (κ2) is 5.96. The van der Waals surface area contributed by atoms with Crippen LogP contribution in [0, 0.1) is 0 Å². The predicted molar refractivity (Wildman–Crippen MR) is 88.6 cm³/mol. The zero-order valence-corrected chi connectivity index (χ0v) is 13.5. The third kappa shape index (κ3) is 2.33. The standard InChI is InChI=1S/C20H14O.Ti/c21-19-13-12-15-7-2-4-10-17(15)20(19)18-11-5-8-14-6-1-3-9-16(14)18;/h1-13,21H;. The van der Waals surface area contributed by atoms with Crippen LogP contribution in [-0.2, 0) is 21.7 Å². The van der Waals surface area contributed by atoms with E-state index in [0.29, 0.717) is 5.75 Å². The minimum atomic E-state index is 0. The van der Waals surface area contributed by atoms with Gasteiger partial charge in [-0.15, -0.1) is 0 Å². The molecule has 22 heavy (non-hydrogen) atoms. The van der Waals surface area contributed by atoms with Crippen molar-refractivity contribution in [3.8, 4) is 16.9 Å². The van der Waals surface area contributed by atoms with Crippen molar-refractivity contribution in [2.75, 3.05) is 0 Å². The molecule has 0 aliphatic carbocycles. The zero-order valence-electron chi connectivity index (χ0n) is 12.0. The molecule has 0 atom stereocenters. The van der Waals surface area contributed by atoms with Crippen LogP contribution in [0.3, 0.4) is 0 Å². The van der Waals surface area contributed by atoms with E-state index in [-0.39, 0.29) is 21.7 Å². The van der Waals surface area contributed by atoms with Gasteiger partial charge in [-0.1, -0.05) is 72.8 Å². The van der Waals surface area contributed by atoms with E-state index in [2.05, 4.69) is 36.4 Å². The van der Waals surface area contributed by atoms with Crippen LogP contribution in [0.2, 0.25) is 0 Å². The fraction of sp³-hybridized carbons (Fsp3) is 0. The van der Waals surface area contributed by atoms with Crippen molar-refractivity contribution in [3.05, 3.63) is 78.9 Å². The second-order valence-electron chi connectivity index (χ2n) is 5.21. The summed E-state index contributed by atoms with van der Waals surface area (Å²) in [7, 11) is 0. The van der Waals surface area contributed by atoms with Gasteiger partial charge in [0, 0.05) is 27.3 Å². The minimum Gasteiger partial charge on any atom is -0.507 e. The number of aromatic hydroxyl groups is 1. The summed E-state index contributed by atoms with van der Waals surface area (Å²) in [6.45, 7) is 0. The molecule has 0 saturated heterocycles. The molecule has 0 aliphatic rings. The minimum absolute atomic E-state index is 0. The van der Waals surface area contributed by atoms with Crippen molar-refractivity contribution in [2.45, 2.75) is 0 Å². The molecule has 4 aromatic rings. The third-order valence-electron chi connectivity index (χ3n) is 3.97. The average molecular weight is 318 g/mol. The molecule has 0 saturated carbocycles. The van der Waals surface area contributed by atoms with E-state index in [1.54, 1.807) is 6.07 Å². The summed E-state index contributed by atoms with van der Waals surface area (Å²) in [6.07, 6.45) is 0. The van der Waals surface area contributed by atoms with Gasteiger partial charge in [-0.2, -0.15) is 0 Å². The quantitative estimate of drug-likeness (QED) is 0.468. The Bertz CT molecular complexity index is 955. The molecular weight excluding hydrogens is 304 g/mol. The maximum absolute atomic E-state index is 10.4. The van der Waals surface area contributed by atoms with Crippen LogP contribution in [0.4, 0.5) is 0 Å². The second-order valence-corrected chi connectivity index (χ2v) is 5.21. The first kappa shape index (κ1) is 14.8. The van der Waals surface area contributed by atoms with Gasteiger partial charge in [0.15, 0.2) is 0 Å². The number of rotatable bonds is 1. The van der Waals surface area contributed by atoms with Gasteiger partial charge in [0.1, 0.15) is 5.75 Å². The van der Waals surface area contributed by atoms with Crippen molar-refractivity contribution in [1.82, 2.24) is 0 Å². The molecule has 0 spiro atoms. The van der Waals surface area contributed by atoms with Crippen LogP contribution in [0.5, 0.6) is 5.75 Å². The van der Waals surface area contributed by atoms with Crippen LogP contribution in [-0.4, -0.2) is 5.11 Å². The molecule has 0 unspecified atom stereocenters. The summed E-state index contributed by atoms with van der Waals surface area (Å²) in [6, 6.07) is 26.4. The van der Waals surface area contributed by atoms with Crippen LogP contribution in [0.1, 0.15) is 0 Å². The molecule has 1 N–H and O–H groups in total. The largest absolute Gasteiger partial charge is 0.507 e. The van der Waals surface area contributed by atoms with Crippen molar-refractivity contribution in [3.63, 3.8) is 0 Å². The average Bonchev–Trinajstić information content (AvgIpc) is 2.54. The van der Waals surface area contributed by atoms with E-state index >= 15 is 0 Å². The maximum atomic E-state index is 10.4. The molecule has 2 heteroatoms. The maximum Gasteiger partial charge on any atom is 0.124 e. The van der Waals surface area contributed by atoms with Gasteiger partial charge in [-0.25, -0.2) is 0 Å². The van der Waals surface area contributed by atoms with Gasteiger partial charge in [-0.05, 0) is 33.2 Å². The normalized spacial score (nSPS) is 10.5. The fourth-order valence-corrected chi connectivity index (χ4v) is 2.99. The molecule has 0 radical (unpaired) electrons. The molecule has 0 aliphatic heterocycles. The van der Waals surface area contributed by atoms with E-state index in [1.807, 2.05) is 36.4 Å². The fourth-order valence-electron chi connectivity index (χ4n) is 2.99. The summed E-state index contributed by atoms with van der Waals surface area (Å²) in [4.78, 5) is 0. The molecule has 0 fully saturated rings. The Morgan fingerprint density at radius 3 is 1.91 bits per heavy atom. The monoisotopic (exact) mass is 318 g/mol. The van der Waals surface area contributed by atoms with Crippen LogP contribution in [0.15, 0.2) is 78.9 Å². The topological polar surface area (TPSA) is 20.2 Å². The first-order valence-electron chi connectivity index (χ1n) is 7.03. The Labute approximate surface area is 144 Å². The smallest absolute Gasteiger partial charge is 0.124 e. The van der Waals surface area contributed by atoms with E-state index < -0.39 is 0 Å². The van der Waals surface area contributed by atoms with E-state index in [1.165, 1.54) is 5.39 Å². The van der Waals surface area contributed by atoms with Crippen molar-refractivity contribution >= 4 is 21.5 Å². The molecule has 4 aromatic carbocycles. The van der Waals surface area contributed by atoms with Gasteiger partial charge in [0.05, 0.1) is 0 Å². The number of phenolic OH excluding ortho intramolecular Hbond substituents is 1. The molecule has 0 amide bonds. The molecular formula is C20H14OTi. The molecule has 1 nitrogen and oxygen atoms in total. The number of benzene rings is 4. The van der Waals surface area contributed by atoms with Gasteiger partial charge < -0.3 is 5.11 Å². The van der Waals surface area contributed by atoms with Crippen LogP contribution < -0.4 is 0 Å². The van der Waals surface area contributed by atoms with E-state index in [0.717, 1.165) is 27.3 Å². The Morgan fingerprint density at radius 1 is 0.545 bits per heavy atom. The molecule has 0 bridgehead atoms. The molecule has 104 valence electrons. The first-order valence-corrected chi connectivity index (χ1v) is 7.03. The van der Waals surface area contributed by atoms with E-state index in [4.69, 9.17) is 0 Å². The van der Waals surface area contributed by atoms with Gasteiger partial charge in [-0.3, -0.25) is 0 Å². The predicted octanol–water partition coefficient (Wildman–Crippen LogP) is 5.36. The Morgan fingerprint density at radius 2 is 1.14 bits per heavy atom. The Balaban J connectivity index is 0.00000144. The number of hydrogen-bond acceptors (Lipinski definition) is 1. The van der Waals surface area contributed by atoms with Crippen LogP contribution in [0.25, 0.3) is 32.7 Å². The molecule has 0 aromatic heterocycles. The SMILES string of the molecule is Oc1ccc2ccccc2c1-c1cccc2ccccc12.[Ti]. The van der Waals surface area contributed by atoms with Gasteiger partial charge >= 0.3 is 0 Å². The van der Waals surface area contributed by atoms with Crippen molar-refractivity contribution < 1.29 is 26.8 Å². The Hall–Kier alpha value is -2.09. The number of hydrogen-bond donors (Lipinski definition) is 1. The van der Waals surface area contributed by atoms with Crippen molar-refractivity contribution in [2.24, 2.45) is 0 Å². The van der Waals surface area contributed by atoms with Crippen LogP contribution >= 0.6 is 0 Å². The Kier molecular flexibility index (Phi) is 4.02. The molecule has 4 rings (SSSR count). The summed E-state index contributed by atoms with van der Waals surface area (Å²) in [5.74, 6) is 0.324. The van der Waals surface area contributed by atoms with E-state index in [9.17, 15) is 5.11 Å². The first-order chi connectivity index (χ1) is 10.3. The number of fused-ring (bicyclic) bond motifs is 2. The number of phenols is 1. The third-order valence-corrected chi connectivity index (χ3v) is 3.97. The summed E-state index contributed by atoms with van der Waals surface area (Å²) in [5.41, 5.74) is 1.98.